The van der Waals surface area contributed by atoms with E-state index in [0.717, 1.165) is 0 Å². The first-order valence-electron chi connectivity index (χ1n) is 1.24. The van der Waals surface area contributed by atoms with Crippen LogP contribution in [0.4, 0.5) is 0 Å². The van der Waals surface area contributed by atoms with Crippen LogP contribution in [-0.2, 0) is 43.7 Å². The predicted octanol–water partition coefficient (Wildman–Crippen LogP) is -0.0937. The van der Waals surface area contributed by atoms with E-state index in [1.807, 2.05) is 0 Å². The Kier molecular flexibility index (Phi) is 3650. The van der Waals surface area contributed by atoms with Crippen molar-refractivity contribution in [3.05, 3.63) is 39.8 Å². The van der Waals surface area contributed by atoms with Gasteiger partial charge in [0.2, 0.25) is 0 Å². The maximum absolute atomic E-state index is 7.50. The van der Waals surface area contributed by atoms with Gasteiger partial charge in [0.25, 0.3) is 0 Å². The maximum atomic E-state index is 7.50. The average Bonchev–Trinajstić information content (AvgIpc) is 2.33. The van der Waals surface area contributed by atoms with E-state index in [-0.39, 0.29) is 20.4 Å². The van der Waals surface area contributed by atoms with E-state index in [9.17, 15) is 0 Å². The molecule has 0 bridgehead atoms. The van der Waals surface area contributed by atoms with Crippen molar-refractivity contribution in [1.29, 1.82) is 5.26 Å². The summed E-state index contributed by atoms with van der Waals surface area (Å²) in [7, 11) is 0. The van der Waals surface area contributed by atoms with E-state index in [1.54, 1.807) is 0 Å². The summed E-state index contributed by atoms with van der Waals surface area (Å²) in [6.45, 7) is 27.2. The molecule has 0 aliphatic rings. The summed E-state index contributed by atoms with van der Waals surface area (Å²) in [4.78, 5) is 0. The van der Waals surface area contributed by atoms with Crippen LogP contribution in [0.15, 0.2) is 0 Å². The zero-order valence-electron chi connectivity index (χ0n) is 5.87. The van der Waals surface area contributed by atoms with Gasteiger partial charge < -0.3 is 11.8 Å². The summed E-state index contributed by atoms with van der Waals surface area (Å²) in [6.07, 6.45) is 0. The second-order valence-electron chi connectivity index (χ2n) is 0. The van der Waals surface area contributed by atoms with E-state index in [4.69, 9.17) is 35.1 Å². The smallest absolute Gasteiger partial charge is 0 e. The van der Waals surface area contributed by atoms with Crippen LogP contribution in [0.2, 0.25) is 0 Å². The molecule has 0 unspecified atom stereocenters. The first kappa shape index (κ1) is 59.3. The van der Waals surface area contributed by atoms with Gasteiger partial charge >= 0.3 is 56.5 Å². The van der Waals surface area contributed by atoms with Gasteiger partial charge in [-0.2, -0.15) is 0 Å². The van der Waals surface area contributed by atoms with Crippen molar-refractivity contribution in [1.82, 2.24) is 0 Å². The predicted molar refractivity (Wildman–Crippen MR) is 24.6 cm³/mol. The molecule has 0 atom stereocenters. The molecule has 0 aromatic heterocycles. The average molecular weight is 352 g/mol. The van der Waals surface area contributed by atoms with Crippen molar-refractivity contribution in [2.24, 2.45) is 0 Å². The zero-order chi connectivity index (χ0) is 12.0. The van der Waals surface area contributed by atoms with Crippen LogP contribution in [0.5, 0.6) is 0 Å². The second kappa shape index (κ2) is 800. The molecule has 0 spiro atoms. The van der Waals surface area contributed by atoms with Crippen LogP contribution < -0.4 is 0 Å². The Labute approximate surface area is 89.2 Å². The summed E-state index contributed by atoms with van der Waals surface area (Å²) in [6, 6.07) is 0. The van der Waals surface area contributed by atoms with Gasteiger partial charge in [-0.15, -0.1) is 0 Å². The fraction of sp³-hybridized carbons (Fsp3) is 0. The third-order valence-corrected chi connectivity index (χ3v) is 0. The Balaban J connectivity index is -0.00000000655. The first-order chi connectivity index (χ1) is 6.00. The Hall–Kier alpha value is -1.15. The Bertz CT molecular complexity index is 96.0. The molecule has 0 fully saturated rings. The molecule has 0 heterocycles. The molecular formula is C6NO5Re-. The van der Waals surface area contributed by atoms with Crippen LogP contribution in [0.3, 0.4) is 0 Å². The van der Waals surface area contributed by atoms with Gasteiger partial charge in [-0.25, -0.2) is 0 Å². The van der Waals surface area contributed by atoms with Gasteiger partial charge in [0.1, 0.15) is 0 Å². The summed E-state index contributed by atoms with van der Waals surface area (Å²) in [5.41, 5.74) is 0. The third kappa shape index (κ3) is 646. The number of nitrogens with zero attached hydrogens (tertiary/aromatic N) is 1. The topological polar surface area (TPSA) is 123 Å². The number of hydrogen-bond acceptors (Lipinski definition) is 1. The monoisotopic (exact) mass is 353 g/mol. The maximum Gasteiger partial charge on any atom is 0 e. The third-order valence-electron chi connectivity index (χ3n) is 0. The van der Waals surface area contributed by atoms with Crippen molar-refractivity contribution in [3.8, 4) is 0 Å². The molecule has 0 aromatic rings. The van der Waals surface area contributed by atoms with Gasteiger partial charge in [-0.05, 0) is 0 Å². The molecule has 0 aromatic carbocycles. The molecular weight excluding hydrogens is 352 g/mol. The van der Waals surface area contributed by atoms with E-state index in [0.29, 0.717) is 0 Å². The summed E-state index contributed by atoms with van der Waals surface area (Å²) >= 11 is 0. The SMILES string of the molecule is [C-]#N.[C-]#[O+].[C-]#[O+].[C-]#[O+].[C-]#[O+].[C-]#[O+].[Re]. The molecule has 0 amide bonds. The van der Waals surface area contributed by atoms with Gasteiger partial charge in [0, 0.05) is 20.4 Å². The fourth-order valence-electron chi connectivity index (χ4n) is 0. The number of rotatable bonds is 0. The minimum Gasteiger partial charge on any atom is 0 e. The normalized spacial score (nSPS) is 0.923. The molecule has 0 saturated carbocycles. The zero-order valence-corrected chi connectivity index (χ0v) is 8.58. The summed E-state index contributed by atoms with van der Waals surface area (Å²) in [5.74, 6) is 0. The van der Waals surface area contributed by atoms with Crippen molar-refractivity contribution in [2.75, 3.05) is 0 Å². The van der Waals surface area contributed by atoms with Gasteiger partial charge in [0.15, 0.2) is 0 Å². The molecule has 0 rings (SSSR count). The largest absolute Gasteiger partial charge is 0 e. The Morgan fingerprint density at radius 1 is 0.462 bits per heavy atom. The van der Waals surface area contributed by atoms with Crippen molar-refractivity contribution in [2.45, 2.75) is 0 Å². The molecule has 67 valence electrons. The van der Waals surface area contributed by atoms with Crippen LogP contribution in [-0.4, -0.2) is 0 Å². The molecule has 0 aliphatic carbocycles. The van der Waals surface area contributed by atoms with Crippen LogP contribution >= 0.6 is 0 Å². The first-order valence-corrected chi connectivity index (χ1v) is 1.24. The molecule has 0 N–H and O–H groups in total. The molecule has 0 saturated heterocycles. The second-order valence-corrected chi connectivity index (χ2v) is 0. The van der Waals surface area contributed by atoms with Gasteiger partial charge in [-0.3, -0.25) is 0 Å². The Morgan fingerprint density at radius 2 is 0.462 bits per heavy atom. The van der Waals surface area contributed by atoms with E-state index < -0.39 is 0 Å². The van der Waals surface area contributed by atoms with Crippen LogP contribution in [0.25, 0.3) is 0 Å². The quantitative estimate of drug-likeness (QED) is 0.439. The van der Waals surface area contributed by atoms with Crippen LogP contribution in [0, 0.1) is 45.1 Å². The summed E-state index contributed by atoms with van der Waals surface area (Å²) < 4.78 is 37.5. The molecule has 7 heteroatoms. The fourth-order valence-corrected chi connectivity index (χ4v) is 0. The molecule has 0 aliphatic heterocycles. The van der Waals surface area contributed by atoms with Crippen molar-refractivity contribution in [3.63, 3.8) is 0 Å². The minimum absolute atomic E-state index is 0. The van der Waals surface area contributed by atoms with E-state index >= 15 is 0 Å². The molecule has 13 heavy (non-hydrogen) atoms. The minimum atomic E-state index is 0. The van der Waals surface area contributed by atoms with E-state index in [2.05, 4.69) is 33.3 Å². The van der Waals surface area contributed by atoms with E-state index in [1.165, 1.54) is 0 Å². The molecule has 6 nitrogen and oxygen atoms in total. The molecule has 1 radical (unpaired) electrons. The summed E-state index contributed by atoms with van der Waals surface area (Å²) in [5, 5.41) is 6.25. The van der Waals surface area contributed by atoms with Gasteiger partial charge in [0.05, 0.1) is 0 Å². The van der Waals surface area contributed by atoms with Gasteiger partial charge in [-0.1, -0.05) is 0 Å². The number of hydrogen-bond donors (Lipinski definition) is 0. The van der Waals surface area contributed by atoms with Crippen molar-refractivity contribution >= 4 is 0 Å². The van der Waals surface area contributed by atoms with Crippen molar-refractivity contribution < 1.29 is 43.7 Å². The Morgan fingerprint density at radius 3 is 0.462 bits per heavy atom. The standard InChI is InChI=1S/CN.5CO.Re/c6*1-2;/q-1;;;;;;. The van der Waals surface area contributed by atoms with Crippen LogP contribution in [0.1, 0.15) is 0 Å².